The molecule has 0 amide bonds. The van der Waals surface area contributed by atoms with E-state index in [0.717, 1.165) is 18.5 Å². The summed E-state index contributed by atoms with van der Waals surface area (Å²) in [6.45, 7) is 2.06. The fourth-order valence-corrected chi connectivity index (χ4v) is 2.34. The van der Waals surface area contributed by atoms with Gasteiger partial charge in [0.2, 0.25) is 0 Å². The van der Waals surface area contributed by atoms with Crippen LogP contribution in [-0.2, 0) is 12.8 Å². The summed E-state index contributed by atoms with van der Waals surface area (Å²) >= 11 is 0. The summed E-state index contributed by atoms with van der Waals surface area (Å²) in [4.78, 5) is 4.39. The summed E-state index contributed by atoms with van der Waals surface area (Å²) in [5.74, 6) is 0. The molecule has 74 valence electrons. The molecule has 0 saturated heterocycles. The molecule has 0 atom stereocenters. The van der Waals surface area contributed by atoms with Gasteiger partial charge in [-0.25, -0.2) is 0 Å². The molecule has 3 rings (SSSR count). The highest BCUT2D eigenvalue weighted by molar-refractivity contribution is 5.72. The first kappa shape index (κ1) is 8.66. The third-order valence-corrected chi connectivity index (χ3v) is 3.10. The lowest BCUT2D eigenvalue weighted by atomic mass is 9.86. The maximum absolute atomic E-state index is 4.39. The van der Waals surface area contributed by atoms with Crippen molar-refractivity contribution in [1.82, 2.24) is 4.98 Å². The van der Waals surface area contributed by atoms with Gasteiger partial charge in [0.15, 0.2) is 0 Å². The summed E-state index contributed by atoms with van der Waals surface area (Å²) in [6, 6.07) is 10.9. The van der Waals surface area contributed by atoms with Gasteiger partial charge in [-0.15, -0.1) is 0 Å². The van der Waals surface area contributed by atoms with Crippen LogP contribution in [0.15, 0.2) is 36.5 Å². The first-order chi connectivity index (χ1) is 7.34. The highest BCUT2D eigenvalue weighted by Gasteiger charge is 2.15. The minimum absolute atomic E-state index is 1.12. The van der Waals surface area contributed by atoms with Crippen molar-refractivity contribution in [2.24, 2.45) is 0 Å². The summed E-state index contributed by atoms with van der Waals surface area (Å²) < 4.78 is 0. The van der Waals surface area contributed by atoms with Gasteiger partial charge in [-0.1, -0.05) is 24.3 Å². The quantitative estimate of drug-likeness (QED) is 0.629. The van der Waals surface area contributed by atoms with E-state index in [4.69, 9.17) is 0 Å². The predicted molar refractivity (Wildman–Crippen MR) is 61.8 cm³/mol. The summed E-state index contributed by atoms with van der Waals surface area (Å²) in [7, 11) is 0. The van der Waals surface area contributed by atoms with E-state index in [1.807, 2.05) is 6.20 Å². The number of benzene rings is 1. The van der Waals surface area contributed by atoms with E-state index in [0.29, 0.717) is 0 Å². The third kappa shape index (κ3) is 1.35. The Morgan fingerprint density at radius 1 is 1.00 bits per heavy atom. The van der Waals surface area contributed by atoms with E-state index >= 15 is 0 Å². The Kier molecular flexibility index (Phi) is 1.84. The van der Waals surface area contributed by atoms with E-state index in [1.54, 1.807) is 0 Å². The predicted octanol–water partition coefficient (Wildman–Crippen LogP) is 3.16. The van der Waals surface area contributed by atoms with Crippen molar-refractivity contribution in [3.8, 4) is 11.1 Å². The maximum Gasteiger partial charge on any atom is 0.0375 e. The molecule has 0 spiro atoms. The van der Waals surface area contributed by atoms with Gasteiger partial charge in [0.25, 0.3) is 0 Å². The standard InChI is InChI=1S/C14H13N/c1-10-8-12-7-6-11-4-2-3-5-13(11)14(12)9-15-10/h2-5,8-9H,6-7H2,1H3. The van der Waals surface area contributed by atoms with Crippen LogP contribution in [0.1, 0.15) is 16.8 Å². The molecule has 1 heterocycles. The van der Waals surface area contributed by atoms with E-state index in [1.165, 1.54) is 22.3 Å². The molecule has 0 radical (unpaired) electrons. The molecular weight excluding hydrogens is 182 g/mol. The zero-order valence-corrected chi connectivity index (χ0v) is 8.83. The second kappa shape index (κ2) is 3.20. The molecule has 1 aliphatic carbocycles. The highest BCUT2D eigenvalue weighted by atomic mass is 14.7. The first-order valence-corrected chi connectivity index (χ1v) is 5.38. The normalized spacial score (nSPS) is 13.1. The molecule has 2 aromatic rings. The van der Waals surface area contributed by atoms with Crippen LogP contribution in [0, 0.1) is 6.92 Å². The Morgan fingerprint density at radius 2 is 1.80 bits per heavy atom. The minimum Gasteiger partial charge on any atom is -0.261 e. The number of nitrogens with zero attached hydrogens (tertiary/aromatic N) is 1. The van der Waals surface area contributed by atoms with E-state index in [9.17, 15) is 0 Å². The van der Waals surface area contributed by atoms with Crippen molar-refractivity contribution in [2.45, 2.75) is 19.8 Å². The Hall–Kier alpha value is -1.63. The van der Waals surface area contributed by atoms with E-state index < -0.39 is 0 Å². The molecular formula is C14H13N. The summed E-state index contributed by atoms with van der Waals surface area (Å²) in [6.07, 6.45) is 4.32. The number of rotatable bonds is 0. The van der Waals surface area contributed by atoms with Gasteiger partial charge < -0.3 is 0 Å². The molecule has 1 aliphatic rings. The minimum atomic E-state index is 1.12. The van der Waals surface area contributed by atoms with Crippen molar-refractivity contribution < 1.29 is 0 Å². The molecule has 1 aromatic heterocycles. The highest BCUT2D eigenvalue weighted by Crippen LogP contribution is 2.32. The summed E-state index contributed by atoms with van der Waals surface area (Å²) in [5.41, 5.74) is 6.71. The SMILES string of the molecule is Cc1cc2c(cn1)-c1ccccc1CC2. The number of hydrogen-bond acceptors (Lipinski definition) is 1. The fourth-order valence-electron chi connectivity index (χ4n) is 2.34. The van der Waals surface area contributed by atoms with Crippen molar-refractivity contribution in [2.75, 3.05) is 0 Å². The fraction of sp³-hybridized carbons (Fsp3) is 0.214. The number of hydrogen-bond donors (Lipinski definition) is 0. The number of aryl methyl sites for hydroxylation is 3. The van der Waals surface area contributed by atoms with Crippen LogP contribution in [0.2, 0.25) is 0 Å². The smallest absolute Gasteiger partial charge is 0.0375 e. The monoisotopic (exact) mass is 195 g/mol. The van der Waals surface area contributed by atoms with Crippen LogP contribution >= 0.6 is 0 Å². The largest absolute Gasteiger partial charge is 0.261 e. The Bertz CT molecular complexity index is 514. The molecule has 0 aliphatic heterocycles. The Balaban J connectivity index is 2.26. The maximum atomic E-state index is 4.39. The van der Waals surface area contributed by atoms with Crippen LogP contribution in [0.3, 0.4) is 0 Å². The van der Waals surface area contributed by atoms with Gasteiger partial charge in [-0.2, -0.15) is 0 Å². The Labute approximate surface area is 89.8 Å². The van der Waals surface area contributed by atoms with Crippen molar-refractivity contribution in [1.29, 1.82) is 0 Å². The van der Waals surface area contributed by atoms with Crippen LogP contribution in [-0.4, -0.2) is 4.98 Å². The van der Waals surface area contributed by atoms with Crippen LogP contribution in [0.5, 0.6) is 0 Å². The summed E-state index contributed by atoms with van der Waals surface area (Å²) in [5, 5.41) is 0. The average Bonchev–Trinajstić information content (AvgIpc) is 2.28. The zero-order chi connectivity index (χ0) is 10.3. The van der Waals surface area contributed by atoms with Crippen molar-refractivity contribution in [3.05, 3.63) is 53.3 Å². The van der Waals surface area contributed by atoms with Crippen LogP contribution < -0.4 is 0 Å². The van der Waals surface area contributed by atoms with Gasteiger partial charge in [0.05, 0.1) is 0 Å². The van der Waals surface area contributed by atoms with E-state index in [-0.39, 0.29) is 0 Å². The molecule has 0 bridgehead atoms. The first-order valence-electron chi connectivity index (χ1n) is 5.38. The van der Waals surface area contributed by atoms with Gasteiger partial charge in [-0.3, -0.25) is 4.98 Å². The topological polar surface area (TPSA) is 12.9 Å². The third-order valence-electron chi connectivity index (χ3n) is 3.10. The molecule has 1 nitrogen and oxygen atoms in total. The molecule has 1 heteroatoms. The Morgan fingerprint density at radius 3 is 2.73 bits per heavy atom. The lowest BCUT2D eigenvalue weighted by molar-refractivity contribution is 0.930. The second-order valence-electron chi connectivity index (χ2n) is 4.14. The van der Waals surface area contributed by atoms with Crippen LogP contribution in [0.4, 0.5) is 0 Å². The number of fused-ring (bicyclic) bond motifs is 3. The molecule has 0 fully saturated rings. The number of aromatic nitrogens is 1. The van der Waals surface area contributed by atoms with Gasteiger partial charge in [0.1, 0.15) is 0 Å². The van der Waals surface area contributed by atoms with Crippen molar-refractivity contribution in [3.63, 3.8) is 0 Å². The van der Waals surface area contributed by atoms with E-state index in [2.05, 4.69) is 42.2 Å². The lowest BCUT2D eigenvalue weighted by Gasteiger charge is -2.19. The average molecular weight is 195 g/mol. The van der Waals surface area contributed by atoms with Gasteiger partial charge in [-0.05, 0) is 42.5 Å². The molecule has 1 aromatic carbocycles. The molecule has 0 saturated carbocycles. The zero-order valence-electron chi connectivity index (χ0n) is 8.83. The molecule has 0 N–H and O–H groups in total. The van der Waals surface area contributed by atoms with Crippen LogP contribution in [0.25, 0.3) is 11.1 Å². The molecule has 0 unspecified atom stereocenters. The second-order valence-corrected chi connectivity index (χ2v) is 4.14. The van der Waals surface area contributed by atoms with Gasteiger partial charge in [0, 0.05) is 17.5 Å². The van der Waals surface area contributed by atoms with Crippen molar-refractivity contribution >= 4 is 0 Å². The molecule has 15 heavy (non-hydrogen) atoms. The lowest BCUT2D eigenvalue weighted by Crippen LogP contribution is -2.04. The van der Waals surface area contributed by atoms with Gasteiger partial charge >= 0.3 is 0 Å². The number of pyridine rings is 1.